The average Bonchev–Trinajstić information content (AvgIpc) is 2.30. The molecule has 4 nitrogen and oxygen atoms in total. The van der Waals surface area contributed by atoms with Gasteiger partial charge >= 0.3 is 0 Å². The largest absolute Gasteiger partial charge is 0.389 e. The Morgan fingerprint density at radius 3 is 2.92 bits per heavy atom. The normalized spacial score (nSPS) is 21.9. The molecule has 1 aliphatic rings. The molecule has 1 rings (SSSR count). The molecule has 2 N–H and O–H groups in total. The van der Waals surface area contributed by atoms with E-state index in [9.17, 15) is 0 Å². The van der Waals surface area contributed by atoms with Gasteiger partial charge in [0.15, 0.2) is 5.17 Å². The zero-order valence-electron chi connectivity index (χ0n) is 6.87. The molecular weight excluding hydrogens is 198 g/mol. The number of rotatable bonds is 0. The third-order valence-corrected chi connectivity index (χ3v) is 2.31. The first-order valence-electron chi connectivity index (χ1n) is 3.41. The Morgan fingerprint density at radius 1 is 1.83 bits per heavy atom. The minimum absolute atomic E-state index is 0.227. The van der Waals surface area contributed by atoms with E-state index in [1.807, 2.05) is 13.8 Å². The second kappa shape index (κ2) is 3.53. The minimum atomic E-state index is -0.227. The Morgan fingerprint density at radius 2 is 2.50 bits per heavy atom. The van der Waals surface area contributed by atoms with Gasteiger partial charge in [-0.3, -0.25) is 0 Å². The van der Waals surface area contributed by atoms with E-state index >= 15 is 0 Å². The van der Waals surface area contributed by atoms with Gasteiger partial charge in [-0.25, -0.2) is 0 Å². The van der Waals surface area contributed by atoms with Crippen molar-refractivity contribution in [3.8, 4) is 0 Å². The molecule has 0 spiro atoms. The van der Waals surface area contributed by atoms with Crippen LogP contribution in [0, 0.1) is 0 Å². The van der Waals surface area contributed by atoms with Crippen molar-refractivity contribution >= 4 is 33.7 Å². The smallest absolute Gasteiger partial charge is 0.178 e. The molecule has 12 heavy (non-hydrogen) atoms. The monoisotopic (exact) mass is 207 g/mol. The maximum Gasteiger partial charge on any atom is 0.178 e. The number of hydrogen-bond donors (Lipinski definition) is 1. The molecule has 68 valence electrons. The predicted octanol–water partition coefficient (Wildman–Crippen LogP) is 1.70. The average molecular weight is 208 g/mol. The van der Waals surface area contributed by atoms with Crippen molar-refractivity contribution < 1.29 is 4.84 Å². The van der Waals surface area contributed by atoms with E-state index < -0.39 is 0 Å². The molecule has 1 aliphatic heterocycles. The number of hydrogen-bond acceptors (Lipinski definition) is 4. The third kappa shape index (κ3) is 2.57. The maximum atomic E-state index is 5.39. The number of nitrogens with zero attached hydrogens (tertiary/aromatic N) is 2. The summed E-state index contributed by atoms with van der Waals surface area (Å²) in [4.78, 5) is 5.11. The SMILES string of the molecule is CC1(C)CC(SC(N)=NCl)=NO1. The highest BCUT2D eigenvalue weighted by Crippen LogP contribution is 2.27. The molecule has 0 saturated heterocycles. The zero-order chi connectivity index (χ0) is 9.19. The second-order valence-electron chi connectivity index (χ2n) is 3.04. The predicted molar refractivity (Wildman–Crippen MR) is 52.3 cm³/mol. The Hall–Kier alpha value is -0.420. The fourth-order valence-electron chi connectivity index (χ4n) is 0.796. The van der Waals surface area contributed by atoms with Crippen LogP contribution in [0.5, 0.6) is 0 Å². The van der Waals surface area contributed by atoms with Crippen LogP contribution < -0.4 is 5.73 Å². The molecule has 0 unspecified atom stereocenters. The van der Waals surface area contributed by atoms with Crippen molar-refractivity contribution in [1.29, 1.82) is 0 Å². The second-order valence-corrected chi connectivity index (χ2v) is 4.30. The standard InChI is InChI=1S/C6H10ClN3OS/c1-6(2)3-4(10-11-6)12-5(8)9-7/h3H2,1-2H3,(H2,8,9). The van der Waals surface area contributed by atoms with E-state index in [1.165, 1.54) is 11.8 Å². The van der Waals surface area contributed by atoms with Crippen LogP contribution in [-0.2, 0) is 4.84 Å². The number of amidine groups is 1. The van der Waals surface area contributed by atoms with Crippen LogP contribution in [0.2, 0.25) is 0 Å². The molecular formula is C6H10ClN3OS. The summed E-state index contributed by atoms with van der Waals surface area (Å²) < 4.78 is 3.29. The molecule has 0 atom stereocenters. The van der Waals surface area contributed by atoms with Gasteiger partial charge in [-0.15, -0.1) is 0 Å². The summed E-state index contributed by atoms with van der Waals surface area (Å²) in [5, 5.41) is 4.93. The van der Waals surface area contributed by atoms with Gasteiger partial charge < -0.3 is 10.6 Å². The fourth-order valence-corrected chi connectivity index (χ4v) is 1.67. The number of thioether (sulfide) groups is 1. The van der Waals surface area contributed by atoms with Gasteiger partial charge in [0.2, 0.25) is 0 Å². The van der Waals surface area contributed by atoms with Crippen LogP contribution in [0.25, 0.3) is 0 Å². The Labute approximate surface area is 80.3 Å². The van der Waals surface area contributed by atoms with E-state index in [-0.39, 0.29) is 10.8 Å². The lowest BCUT2D eigenvalue weighted by atomic mass is 10.1. The van der Waals surface area contributed by atoms with Crippen molar-refractivity contribution in [2.24, 2.45) is 15.4 Å². The fraction of sp³-hybridized carbons (Fsp3) is 0.667. The molecule has 0 aliphatic carbocycles. The van der Waals surface area contributed by atoms with E-state index in [1.54, 1.807) is 0 Å². The molecule has 0 radical (unpaired) electrons. The highest BCUT2D eigenvalue weighted by Gasteiger charge is 2.29. The molecule has 0 aromatic rings. The van der Waals surface area contributed by atoms with Crippen LogP contribution in [-0.4, -0.2) is 15.8 Å². The Bertz CT molecular complexity index is 239. The maximum absolute atomic E-state index is 5.39. The number of nitrogens with two attached hydrogens (primary N) is 1. The molecule has 6 heteroatoms. The molecule has 1 heterocycles. The van der Waals surface area contributed by atoms with E-state index in [0.717, 1.165) is 11.5 Å². The van der Waals surface area contributed by atoms with Crippen molar-refractivity contribution in [3.63, 3.8) is 0 Å². The van der Waals surface area contributed by atoms with Crippen molar-refractivity contribution in [2.75, 3.05) is 0 Å². The number of halogens is 1. The first kappa shape index (κ1) is 9.67. The molecule has 0 fully saturated rings. The lowest BCUT2D eigenvalue weighted by molar-refractivity contribution is 0.0123. The van der Waals surface area contributed by atoms with Gasteiger partial charge in [0.25, 0.3) is 0 Å². The van der Waals surface area contributed by atoms with Gasteiger partial charge in [0, 0.05) is 18.2 Å². The summed E-state index contributed by atoms with van der Waals surface area (Å²) in [7, 11) is 0. The minimum Gasteiger partial charge on any atom is -0.389 e. The molecule has 0 aromatic heterocycles. The van der Waals surface area contributed by atoms with Crippen LogP contribution in [0.1, 0.15) is 20.3 Å². The van der Waals surface area contributed by atoms with Crippen LogP contribution in [0.3, 0.4) is 0 Å². The van der Waals surface area contributed by atoms with Crippen molar-refractivity contribution in [1.82, 2.24) is 0 Å². The highest BCUT2D eigenvalue weighted by molar-refractivity contribution is 8.26. The third-order valence-electron chi connectivity index (χ3n) is 1.28. The van der Waals surface area contributed by atoms with Crippen molar-refractivity contribution in [2.45, 2.75) is 25.9 Å². The summed E-state index contributed by atoms with van der Waals surface area (Å²) in [5.41, 5.74) is 5.16. The zero-order valence-corrected chi connectivity index (χ0v) is 8.45. The van der Waals surface area contributed by atoms with Crippen LogP contribution >= 0.6 is 23.5 Å². The van der Waals surface area contributed by atoms with E-state index in [4.69, 9.17) is 22.3 Å². The van der Waals surface area contributed by atoms with Gasteiger partial charge in [-0.05, 0) is 25.6 Å². The summed E-state index contributed by atoms with van der Waals surface area (Å²) in [5.74, 6) is 0. The number of oxime groups is 1. The van der Waals surface area contributed by atoms with E-state index in [2.05, 4.69) is 9.67 Å². The summed E-state index contributed by atoms with van der Waals surface area (Å²) in [6.45, 7) is 3.91. The Balaban J connectivity index is 2.48. The molecule has 0 amide bonds. The molecule has 0 aromatic carbocycles. The first-order chi connectivity index (χ1) is 5.53. The quantitative estimate of drug-likeness (QED) is 0.486. The van der Waals surface area contributed by atoms with Gasteiger partial charge in [-0.1, -0.05) is 5.16 Å². The highest BCUT2D eigenvalue weighted by atomic mass is 35.5. The summed E-state index contributed by atoms with van der Waals surface area (Å²) in [6, 6.07) is 0. The lowest BCUT2D eigenvalue weighted by Crippen LogP contribution is -2.19. The lowest BCUT2D eigenvalue weighted by Gasteiger charge is -2.12. The molecule has 0 saturated carbocycles. The van der Waals surface area contributed by atoms with Crippen LogP contribution in [0.4, 0.5) is 0 Å². The molecule has 0 bridgehead atoms. The Kier molecular flexibility index (Phi) is 2.85. The van der Waals surface area contributed by atoms with Gasteiger partial charge in [0.05, 0.1) is 0 Å². The van der Waals surface area contributed by atoms with Gasteiger partial charge in [-0.2, -0.15) is 4.51 Å². The summed E-state index contributed by atoms with van der Waals surface area (Å²) in [6.07, 6.45) is 0.741. The summed E-state index contributed by atoms with van der Waals surface area (Å²) >= 11 is 6.38. The van der Waals surface area contributed by atoms with E-state index in [0.29, 0.717) is 0 Å². The van der Waals surface area contributed by atoms with Gasteiger partial charge in [0.1, 0.15) is 10.6 Å². The van der Waals surface area contributed by atoms with Crippen LogP contribution in [0.15, 0.2) is 9.67 Å². The van der Waals surface area contributed by atoms with Crippen molar-refractivity contribution in [3.05, 3.63) is 0 Å². The topological polar surface area (TPSA) is 60.0 Å². The first-order valence-corrected chi connectivity index (χ1v) is 4.56.